The Kier molecular flexibility index (Phi) is 21.1. The van der Waals surface area contributed by atoms with Gasteiger partial charge in [-0.05, 0) is 109 Å². The van der Waals surface area contributed by atoms with Crippen LogP contribution in [0.5, 0.6) is 11.5 Å². The molecule has 4 aromatic rings. The van der Waals surface area contributed by atoms with Gasteiger partial charge in [0.2, 0.25) is 47.3 Å². The lowest BCUT2D eigenvalue weighted by Gasteiger charge is -2.38. The summed E-state index contributed by atoms with van der Waals surface area (Å²) in [5, 5.41) is 36.3. The Morgan fingerprint density at radius 1 is 0.579 bits per heavy atom. The number of phenols is 2. The van der Waals surface area contributed by atoms with Crippen LogP contribution >= 0.6 is 21.6 Å². The van der Waals surface area contributed by atoms with Gasteiger partial charge in [0.05, 0.1) is 25.2 Å². The number of hydrogen-bond donors (Lipinski definition) is 10. The largest absolute Gasteiger partial charge is 0.508 e. The van der Waals surface area contributed by atoms with E-state index in [2.05, 4.69) is 31.9 Å². The van der Waals surface area contributed by atoms with Gasteiger partial charge in [-0.25, -0.2) is 0 Å². The third-order valence-corrected chi connectivity index (χ3v) is 15.7. The molecule has 8 amide bonds. The number of amides is 8. The molecule has 3 aliphatic heterocycles. The highest BCUT2D eigenvalue weighted by atomic mass is 33.1. The van der Waals surface area contributed by atoms with Gasteiger partial charge < -0.3 is 63.4 Å². The summed E-state index contributed by atoms with van der Waals surface area (Å²) in [5.41, 5.74) is 18.7. The Hall–Kier alpha value is -7.14. The van der Waals surface area contributed by atoms with Gasteiger partial charge in [-0.2, -0.15) is 0 Å². The number of carbonyl (C=O) groups excluding carboxylic acids is 8. The van der Waals surface area contributed by atoms with Crippen molar-refractivity contribution in [2.45, 2.75) is 89.6 Å². The minimum Gasteiger partial charge on any atom is -0.508 e. The fourth-order valence-electron chi connectivity index (χ4n) is 9.13. The number of hydrogen-bond acceptors (Lipinski definition) is 14. The van der Waals surface area contributed by atoms with Crippen molar-refractivity contribution in [2.24, 2.45) is 11.5 Å². The molecule has 3 aliphatic rings. The van der Waals surface area contributed by atoms with Crippen LogP contribution < -0.4 is 43.4 Å². The van der Waals surface area contributed by atoms with Crippen molar-refractivity contribution in [1.82, 2.24) is 41.7 Å². The van der Waals surface area contributed by atoms with Crippen molar-refractivity contribution in [3.8, 4) is 11.5 Å². The highest BCUT2D eigenvalue weighted by molar-refractivity contribution is 8.76. The molecule has 406 valence electrons. The predicted molar refractivity (Wildman–Crippen MR) is 291 cm³/mol. The summed E-state index contributed by atoms with van der Waals surface area (Å²) in [5.74, 6) is -5.21. The molecule has 3 heterocycles. The van der Waals surface area contributed by atoms with Crippen LogP contribution in [-0.2, 0) is 64.0 Å². The number of nitrogens with zero attached hydrogens (tertiary/aromatic N) is 2. The maximum atomic E-state index is 14.2. The summed E-state index contributed by atoms with van der Waals surface area (Å²) in [6.07, 6.45) is 0.382. The molecule has 0 unspecified atom stereocenters. The second-order valence-corrected chi connectivity index (χ2v) is 21.7. The molecule has 0 radical (unpaired) electrons. The Labute approximate surface area is 450 Å². The van der Waals surface area contributed by atoms with Crippen LogP contribution in [0.3, 0.4) is 0 Å². The number of piperazine rings is 1. The molecule has 3 saturated heterocycles. The van der Waals surface area contributed by atoms with E-state index in [4.69, 9.17) is 11.5 Å². The first kappa shape index (κ1) is 58.1. The van der Waals surface area contributed by atoms with Crippen LogP contribution in [-0.4, -0.2) is 154 Å². The van der Waals surface area contributed by atoms with Crippen LogP contribution in [0.2, 0.25) is 0 Å². The van der Waals surface area contributed by atoms with Crippen LogP contribution in [0.25, 0.3) is 0 Å². The molecule has 76 heavy (non-hydrogen) atoms. The minimum atomic E-state index is -1.29. The molecule has 0 spiro atoms. The van der Waals surface area contributed by atoms with Gasteiger partial charge in [-0.1, -0.05) is 82.3 Å². The third-order valence-electron chi connectivity index (χ3n) is 13.3. The molecule has 7 rings (SSSR count). The zero-order valence-electron chi connectivity index (χ0n) is 43.1. The zero-order valence-corrected chi connectivity index (χ0v) is 44.7. The maximum absolute atomic E-state index is 14.2. The van der Waals surface area contributed by atoms with Gasteiger partial charge in [-0.15, -0.1) is 0 Å². The minimum absolute atomic E-state index is 0.0583. The first-order chi connectivity index (χ1) is 36.3. The van der Waals surface area contributed by atoms with Crippen molar-refractivity contribution >= 4 is 68.8 Å². The molecule has 6 atom stereocenters. The highest BCUT2D eigenvalue weighted by Crippen LogP contribution is 2.26. The number of aryl methyl sites for hydroxylation is 4. The number of rotatable bonds is 12. The van der Waals surface area contributed by atoms with E-state index < -0.39 is 96.6 Å². The van der Waals surface area contributed by atoms with E-state index in [1.54, 1.807) is 61.8 Å². The Morgan fingerprint density at radius 2 is 0.908 bits per heavy atom. The molecule has 0 aliphatic carbocycles. The Balaban J connectivity index is 1.26. The van der Waals surface area contributed by atoms with Crippen molar-refractivity contribution in [1.29, 1.82) is 0 Å². The number of phenolic OH excluding ortho intramolecular Hbond substituents is 2. The van der Waals surface area contributed by atoms with Gasteiger partial charge in [0.25, 0.3) is 0 Å². The van der Waals surface area contributed by atoms with Crippen LogP contribution in [0.1, 0.15) is 44.5 Å². The molecule has 22 heteroatoms. The first-order valence-electron chi connectivity index (χ1n) is 25.0. The lowest BCUT2D eigenvalue weighted by molar-refractivity contribution is -0.143. The fourth-order valence-corrected chi connectivity index (χ4v) is 11.5. The van der Waals surface area contributed by atoms with E-state index >= 15 is 0 Å². The van der Waals surface area contributed by atoms with Crippen LogP contribution in [0.4, 0.5) is 0 Å². The highest BCUT2D eigenvalue weighted by Gasteiger charge is 2.34. The lowest BCUT2D eigenvalue weighted by atomic mass is 9.96. The summed E-state index contributed by atoms with van der Waals surface area (Å²) < 4.78 is 0. The molecule has 12 N–H and O–H groups in total. The molecule has 4 aromatic carbocycles. The normalized spacial score (nSPS) is 20.6. The molecule has 0 aromatic heterocycles. The van der Waals surface area contributed by atoms with E-state index in [-0.39, 0.29) is 74.9 Å². The number of benzene rings is 4. The van der Waals surface area contributed by atoms with Gasteiger partial charge in [0.1, 0.15) is 35.7 Å². The monoisotopic (exact) mass is 1080 g/mol. The maximum Gasteiger partial charge on any atom is 0.245 e. The first-order valence-corrected chi connectivity index (χ1v) is 27.5. The lowest BCUT2D eigenvalue weighted by Crippen LogP contribution is -2.60. The van der Waals surface area contributed by atoms with Crippen molar-refractivity contribution < 1.29 is 48.6 Å². The Bertz CT molecular complexity index is 2510. The topological polar surface area (TPSA) is 308 Å². The van der Waals surface area contributed by atoms with Crippen LogP contribution in [0.15, 0.2) is 84.9 Å². The zero-order chi connectivity index (χ0) is 55.1. The van der Waals surface area contributed by atoms with Gasteiger partial charge >= 0.3 is 0 Å². The Morgan fingerprint density at radius 3 is 1.24 bits per heavy atom. The summed E-state index contributed by atoms with van der Waals surface area (Å²) in [4.78, 5) is 115. The summed E-state index contributed by atoms with van der Waals surface area (Å²) >= 11 is 0. The average molecular weight is 1080 g/mol. The van der Waals surface area contributed by atoms with Gasteiger partial charge in [0, 0.05) is 50.5 Å². The third kappa shape index (κ3) is 16.7. The summed E-state index contributed by atoms with van der Waals surface area (Å²) in [7, 11) is 2.13. The van der Waals surface area contributed by atoms with E-state index in [0.29, 0.717) is 22.3 Å². The van der Waals surface area contributed by atoms with E-state index in [1.165, 1.54) is 0 Å². The molecular formula is C54H68N10O10S2. The SMILES string of the molecule is Cc1cc(O)cc(C)c1C[C@H](N)C(=O)N[C@@H]1CSSC[C@@H](NC(=O)[C@@H](N)Cc2c(C)cc(O)cc2C)C(=O)NCC(=O)N[C@@H](Cc2ccccc2)C(=O)N2CCN(CC2)C(=O)[C@H](Cc2ccccc2)NC(=O)CNC1=O. The summed E-state index contributed by atoms with van der Waals surface area (Å²) in [6.45, 7) is 6.40. The standard InChI is InChI=1S/C54H68N10O10S2/c1-31-19-37(65)20-32(2)39(31)25-41(55)49(69)61-45-29-75-76-30-46(62-50(70)42(56)26-40-33(3)21-38(66)22-34(40)4)52(72)58-28-48(68)60-44(24-36-13-9-6-10-14-36)54(74)64-17-15-63(16-18-64)53(73)43(23-35-11-7-5-8-12-35)59-47(67)27-57-51(45)71/h5-14,19-22,41-46,65-66H,15-18,23-30,55-56H2,1-4H3,(H,57,71)(H,58,72)(H,59,67)(H,60,68)(H,61,69)(H,62,70)/t41-,42-,43-,44-,45+,46+/m0/s1. The predicted octanol–water partition coefficient (Wildman–Crippen LogP) is 0.494. The molecule has 20 nitrogen and oxygen atoms in total. The van der Waals surface area contributed by atoms with Crippen LogP contribution in [0, 0.1) is 27.7 Å². The van der Waals surface area contributed by atoms with Gasteiger partial charge in [0.15, 0.2) is 0 Å². The molecule has 2 bridgehead atoms. The number of carbonyl (C=O) groups is 8. The molecular weight excluding hydrogens is 1010 g/mol. The second kappa shape index (κ2) is 27.6. The smallest absolute Gasteiger partial charge is 0.245 e. The number of nitrogens with two attached hydrogens (primary N) is 2. The van der Waals surface area contributed by atoms with Gasteiger partial charge in [-0.3, -0.25) is 38.4 Å². The number of nitrogens with one attached hydrogen (secondary N) is 6. The second-order valence-electron chi connectivity index (χ2n) is 19.1. The van der Waals surface area contributed by atoms with Crippen molar-refractivity contribution in [3.63, 3.8) is 0 Å². The number of fused-ring (bicyclic) bond motifs is 21. The van der Waals surface area contributed by atoms with Crippen molar-refractivity contribution in [3.05, 3.63) is 129 Å². The van der Waals surface area contributed by atoms with E-state index in [1.807, 2.05) is 60.7 Å². The average Bonchev–Trinajstić information content (AvgIpc) is 3.39. The summed E-state index contributed by atoms with van der Waals surface area (Å²) in [6, 6.07) is 17.4. The quantitative estimate of drug-likeness (QED) is 0.0865. The van der Waals surface area contributed by atoms with E-state index in [0.717, 1.165) is 43.8 Å². The molecule has 0 saturated carbocycles. The fraction of sp³-hybridized carbons (Fsp3) is 0.407. The molecule has 3 fully saturated rings. The van der Waals surface area contributed by atoms with E-state index in [9.17, 15) is 48.6 Å². The van der Waals surface area contributed by atoms with Crippen molar-refractivity contribution in [2.75, 3.05) is 50.8 Å². The number of aromatic hydroxyl groups is 2.